The Bertz CT molecular complexity index is 399. The fourth-order valence-electron chi connectivity index (χ4n) is 1.04. The fraction of sp³-hybridized carbons (Fsp3) is 0.111. The normalized spacial score (nSPS) is 10.9. The molecular formula is C9H11NO3S. The highest BCUT2D eigenvalue weighted by Crippen LogP contribution is 2.15. The molecule has 5 heteroatoms. The Morgan fingerprint density at radius 2 is 1.93 bits per heavy atom. The van der Waals surface area contributed by atoms with Gasteiger partial charge in [-0.05, 0) is 12.1 Å². The zero-order valence-corrected chi connectivity index (χ0v) is 8.31. The van der Waals surface area contributed by atoms with Crippen molar-refractivity contribution in [2.75, 3.05) is 10.8 Å². The minimum atomic E-state index is -4.22. The average Bonchev–Trinajstić information content (AvgIpc) is 2.14. The lowest BCUT2D eigenvalue weighted by Gasteiger charge is -2.18. The Kier molecular flexibility index (Phi) is 3.27. The molecule has 0 aliphatic rings. The molecular weight excluding hydrogens is 202 g/mol. The van der Waals surface area contributed by atoms with Crippen LogP contribution in [-0.2, 0) is 10.3 Å². The molecule has 1 aromatic carbocycles. The summed E-state index contributed by atoms with van der Waals surface area (Å²) in [4.78, 5) is 0. The Hall–Kier alpha value is -1.33. The van der Waals surface area contributed by atoms with E-state index in [1.54, 1.807) is 30.3 Å². The van der Waals surface area contributed by atoms with Gasteiger partial charge in [-0.25, -0.2) is 4.31 Å². The molecule has 0 amide bonds. The lowest BCUT2D eigenvalue weighted by atomic mass is 10.3. The monoisotopic (exact) mass is 213 g/mol. The molecule has 0 aliphatic heterocycles. The Labute approximate surface area is 83.4 Å². The Morgan fingerprint density at radius 3 is 2.36 bits per heavy atom. The molecule has 1 N–H and O–H groups in total. The maximum atomic E-state index is 11.0. The van der Waals surface area contributed by atoms with Crippen LogP contribution >= 0.6 is 0 Å². The number of hydrogen-bond donors (Lipinski definition) is 1. The summed E-state index contributed by atoms with van der Waals surface area (Å²) in [5.41, 5.74) is 0.412. The summed E-state index contributed by atoms with van der Waals surface area (Å²) in [6, 6.07) is 8.33. The summed E-state index contributed by atoms with van der Waals surface area (Å²) in [5, 5.41) is 0. The van der Waals surface area contributed by atoms with Crippen LogP contribution in [0.4, 0.5) is 5.69 Å². The third kappa shape index (κ3) is 2.58. The summed E-state index contributed by atoms with van der Waals surface area (Å²) in [5.74, 6) is 0. The van der Waals surface area contributed by atoms with Crippen LogP contribution in [0.5, 0.6) is 0 Å². The molecule has 0 unspecified atom stereocenters. The third-order valence-electron chi connectivity index (χ3n) is 1.62. The van der Waals surface area contributed by atoms with Gasteiger partial charge in [-0.1, -0.05) is 24.3 Å². The van der Waals surface area contributed by atoms with Crippen molar-refractivity contribution in [3.63, 3.8) is 0 Å². The first kappa shape index (κ1) is 10.7. The van der Waals surface area contributed by atoms with E-state index in [2.05, 4.69) is 6.58 Å². The quantitative estimate of drug-likeness (QED) is 0.608. The molecule has 0 aliphatic carbocycles. The van der Waals surface area contributed by atoms with Crippen LogP contribution in [-0.4, -0.2) is 19.5 Å². The lowest BCUT2D eigenvalue weighted by Crippen LogP contribution is -2.30. The SMILES string of the molecule is C=CCN(c1ccccc1)S(=O)(=O)O. The second kappa shape index (κ2) is 4.26. The van der Waals surface area contributed by atoms with Crippen molar-refractivity contribution >= 4 is 16.0 Å². The molecule has 4 nitrogen and oxygen atoms in total. The van der Waals surface area contributed by atoms with Gasteiger partial charge in [-0.3, -0.25) is 4.55 Å². The predicted molar refractivity (Wildman–Crippen MR) is 55.5 cm³/mol. The number of anilines is 1. The number of rotatable bonds is 4. The van der Waals surface area contributed by atoms with Crippen LogP contribution in [0, 0.1) is 0 Å². The van der Waals surface area contributed by atoms with Gasteiger partial charge in [0.15, 0.2) is 0 Å². The van der Waals surface area contributed by atoms with Crippen LogP contribution in [0.25, 0.3) is 0 Å². The van der Waals surface area contributed by atoms with Crippen molar-refractivity contribution in [3.8, 4) is 0 Å². The fourth-order valence-corrected chi connectivity index (χ4v) is 1.73. The van der Waals surface area contributed by atoms with Crippen LogP contribution in [0.2, 0.25) is 0 Å². The molecule has 0 bridgehead atoms. The van der Waals surface area contributed by atoms with E-state index in [0.29, 0.717) is 5.69 Å². The molecule has 0 radical (unpaired) electrons. The van der Waals surface area contributed by atoms with E-state index in [1.807, 2.05) is 0 Å². The van der Waals surface area contributed by atoms with Crippen molar-refractivity contribution in [1.29, 1.82) is 0 Å². The molecule has 1 aromatic rings. The van der Waals surface area contributed by atoms with Gasteiger partial charge < -0.3 is 0 Å². The van der Waals surface area contributed by atoms with Crippen LogP contribution in [0.15, 0.2) is 43.0 Å². The standard InChI is InChI=1S/C9H11NO3S/c1-2-8-10(14(11,12)13)9-6-4-3-5-7-9/h2-7H,1,8H2,(H,11,12,13). The molecule has 0 saturated carbocycles. The summed E-state index contributed by atoms with van der Waals surface area (Å²) in [6.45, 7) is 3.47. The van der Waals surface area contributed by atoms with Gasteiger partial charge in [0.25, 0.3) is 0 Å². The van der Waals surface area contributed by atoms with Crippen molar-refractivity contribution < 1.29 is 13.0 Å². The summed E-state index contributed by atoms with van der Waals surface area (Å²) < 4.78 is 31.7. The number of para-hydroxylation sites is 1. The van der Waals surface area contributed by atoms with Gasteiger partial charge in [0.1, 0.15) is 0 Å². The third-order valence-corrected chi connectivity index (χ3v) is 2.53. The van der Waals surface area contributed by atoms with E-state index in [-0.39, 0.29) is 6.54 Å². The minimum absolute atomic E-state index is 0.0445. The van der Waals surface area contributed by atoms with Gasteiger partial charge in [0.05, 0.1) is 12.2 Å². The highest BCUT2D eigenvalue weighted by Gasteiger charge is 2.16. The Morgan fingerprint density at radius 1 is 1.36 bits per heavy atom. The first-order valence-electron chi connectivity index (χ1n) is 3.97. The topological polar surface area (TPSA) is 57.6 Å². The summed E-state index contributed by atoms with van der Waals surface area (Å²) >= 11 is 0. The van der Waals surface area contributed by atoms with Gasteiger partial charge in [0.2, 0.25) is 0 Å². The maximum Gasteiger partial charge on any atom is 0.360 e. The van der Waals surface area contributed by atoms with E-state index < -0.39 is 10.3 Å². The largest absolute Gasteiger partial charge is 0.360 e. The first-order valence-corrected chi connectivity index (χ1v) is 5.36. The molecule has 0 spiro atoms. The Balaban J connectivity index is 3.07. The van der Waals surface area contributed by atoms with E-state index in [9.17, 15) is 8.42 Å². The van der Waals surface area contributed by atoms with E-state index >= 15 is 0 Å². The second-order valence-electron chi connectivity index (χ2n) is 2.63. The summed E-state index contributed by atoms with van der Waals surface area (Å²) in [6.07, 6.45) is 1.40. The lowest BCUT2D eigenvalue weighted by molar-refractivity contribution is 0.479. The van der Waals surface area contributed by atoms with Crippen molar-refractivity contribution in [1.82, 2.24) is 0 Å². The number of hydrogen-bond acceptors (Lipinski definition) is 2. The molecule has 0 heterocycles. The maximum absolute atomic E-state index is 11.0. The zero-order valence-electron chi connectivity index (χ0n) is 7.50. The zero-order chi connectivity index (χ0) is 10.6. The van der Waals surface area contributed by atoms with Crippen LogP contribution < -0.4 is 4.31 Å². The molecule has 0 atom stereocenters. The number of benzene rings is 1. The van der Waals surface area contributed by atoms with Gasteiger partial charge in [0, 0.05) is 0 Å². The second-order valence-corrected chi connectivity index (χ2v) is 3.97. The van der Waals surface area contributed by atoms with Gasteiger partial charge in [-0.15, -0.1) is 6.58 Å². The van der Waals surface area contributed by atoms with E-state index in [0.717, 1.165) is 4.31 Å². The van der Waals surface area contributed by atoms with Crippen molar-refractivity contribution in [2.24, 2.45) is 0 Å². The van der Waals surface area contributed by atoms with Crippen LogP contribution in [0.3, 0.4) is 0 Å². The number of nitrogens with zero attached hydrogens (tertiary/aromatic N) is 1. The van der Waals surface area contributed by atoms with E-state index in [1.165, 1.54) is 6.08 Å². The highest BCUT2D eigenvalue weighted by molar-refractivity contribution is 7.87. The van der Waals surface area contributed by atoms with Gasteiger partial charge in [-0.2, -0.15) is 8.42 Å². The molecule has 0 fully saturated rings. The van der Waals surface area contributed by atoms with Crippen molar-refractivity contribution in [2.45, 2.75) is 0 Å². The average molecular weight is 213 g/mol. The minimum Gasteiger partial charge on any atom is -0.269 e. The first-order chi connectivity index (χ1) is 6.55. The van der Waals surface area contributed by atoms with Crippen LogP contribution in [0.1, 0.15) is 0 Å². The molecule has 76 valence electrons. The molecule has 0 aromatic heterocycles. The smallest absolute Gasteiger partial charge is 0.269 e. The van der Waals surface area contributed by atoms with E-state index in [4.69, 9.17) is 4.55 Å². The van der Waals surface area contributed by atoms with Crippen molar-refractivity contribution in [3.05, 3.63) is 43.0 Å². The molecule has 0 saturated heterocycles. The molecule has 14 heavy (non-hydrogen) atoms. The predicted octanol–water partition coefficient (Wildman–Crippen LogP) is 1.48. The molecule has 1 rings (SSSR count). The summed E-state index contributed by atoms with van der Waals surface area (Å²) in [7, 11) is -4.22. The van der Waals surface area contributed by atoms with Gasteiger partial charge >= 0.3 is 10.3 Å². The highest BCUT2D eigenvalue weighted by atomic mass is 32.2.